The largest absolute Gasteiger partial charge is 0.485 e. The summed E-state index contributed by atoms with van der Waals surface area (Å²) < 4.78 is 24.9. The Morgan fingerprint density at radius 2 is 2.04 bits per heavy atom. The molecule has 1 N–H and O–H groups in total. The predicted octanol–water partition coefficient (Wildman–Crippen LogP) is 3.32. The van der Waals surface area contributed by atoms with Gasteiger partial charge in [-0.25, -0.2) is 4.39 Å². The van der Waals surface area contributed by atoms with Gasteiger partial charge in [-0.1, -0.05) is 12.1 Å². The van der Waals surface area contributed by atoms with Crippen LogP contribution in [0.4, 0.5) is 4.39 Å². The van der Waals surface area contributed by atoms with Gasteiger partial charge >= 0.3 is 0 Å². The fourth-order valence-electron chi connectivity index (χ4n) is 2.93. The first-order valence-electron chi connectivity index (χ1n) is 7.82. The number of halogens is 1. The van der Waals surface area contributed by atoms with E-state index in [9.17, 15) is 9.18 Å². The molecule has 2 aliphatic rings. The Morgan fingerprint density at radius 3 is 2.92 bits per heavy atom. The van der Waals surface area contributed by atoms with Crippen LogP contribution in [-0.2, 0) is 4.79 Å². The van der Waals surface area contributed by atoms with Crippen LogP contribution < -0.4 is 14.8 Å². The average Bonchev–Trinajstić information content (AvgIpc) is 2.62. The van der Waals surface area contributed by atoms with Crippen molar-refractivity contribution in [3.63, 3.8) is 0 Å². The molecule has 2 heterocycles. The molecule has 2 aliphatic heterocycles. The van der Waals surface area contributed by atoms with Gasteiger partial charge in [0.15, 0.2) is 11.5 Å². The van der Waals surface area contributed by atoms with E-state index in [1.165, 1.54) is 12.1 Å². The van der Waals surface area contributed by atoms with Gasteiger partial charge in [0, 0.05) is 10.6 Å². The molecule has 2 atom stereocenters. The lowest BCUT2D eigenvalue weighted by Crippen LogP contribution is -2.45. The van der Waals surface area contributed by atoms with Crippen LogP contribution in [-0.4, -0.2) is 24.4 Å². The molecule has 0 aliphatic carbocycles. The average molecular weight is 345 g/mol. The van der Waals surface area contributed by atoms with E-state index in [1.807, 2.05) is 12.1 Å². The lowest BCUT2D eigenvalue weighted by molar-refractivity contribution is -0.131. The summed E-state index contributed by atoms with van der Waals surface area (Å²) in [5.74, 6) is 1.56. The minimum Gasteiger partial charge on any atom is -0.485 e. The zero-order valence-electron chi connectivity index (χ0n) is 12.8. The molecule has 6 heteroatoms. The Kier molecular flexibility index (Phi) is 4.06. The zero-order chi connectivity index (χ0) is 16.5. The number of thioether (sulfide) groups is 1. The van der Waals surface area contributed by atoms with E-state index < -0.39 is 6.10 Å². The first-order valence-corrected chi connectivity index (χ1v) is 8.80. The van der Waals surface area contributed by atoms with Crippen LogP contribution in [0.5, 0.6) is 11.5 Å². The second-order valence-corrected chi connectivity index (χ2v) is 6.88. The molecule has 0 radical (unpaired) electrons. The summed E-state index contributed by atoms with van der Waals surface area (Å²) in [6, 6.07) is 11.8. The summed E-state index contributed by atoms with van der Waals surface area (Å²) in [6.07, 6.45) is 0.0586. The molecule has 2 aromatic carbocycles. The Hall–Kier alpha value is -2.21. The summed E-state index contributed by atoms with van der Waals surface area (Å²) in [5, 5.41) is 2.98. The van der Waals surface area contributed by atoms with Crippen molar-refractivity contribution in [1.29, 1.82) is 0 Å². The van der Waals surface area contributed by atoms with E-state index in [-0.39, 0.29) is 24.4 Å². The molecule has 4 rings (SSSR count). The van der Waals surface area contributed by atoms with Crippen molar-refractivity contribution in [1.82, 2.24) is 5.32 Å². The number of rotatable bonds is 2. The monoisotopic (exact) mass is 345 g/mol. The number of para-hydroxylation sites is 2. The second-order valence-electron chi connectivity index (χ2n) is 5.74. The Bertz CT molecular complexity index is 783. The predicted molar refractivity (Wildman–Crippen MR) is 89.0 cm³/mol. The van der Waals surface area contributed by atoms with Gasteiger partial charge in [0.05, 0.1) is 6.04 Å². The molecule has 0 spiro atoms. The van der Waals surface area contributed by atoms with Gasteiger partial charge in [-0.2, -0.15) is 0 Å². The van der Waals surface area contributed by atoms with Crippen molar-refractivity contribution in [2.45, 2.75) is 23.5 Å². The number of ether oxygens (including phenoxy) is 2. The highest BCUT2D eigenvalue weighted by molar-refractivity contribution is 7.99. The molecule has 0 bridgehead atoms. The molecule has 2 aromatic rings. The molecular formula is C18H16FNO3S. The zero-order valence-corrected chi connectivity index (χ0v) is 13.6. The third-order valence-corrected chi connectivity index (χ3v) is 5.25. The number of hydrogen-bond donors (Lipinski definition) is 1. The maximum Gasteiger partial charge on any atom is 0.265 e. The maximum atomic E-state index is 13.6. The van der Waals surface area contributed by atoms with Crippen molar-refractivity contribution in [2.24, 2.45) is 0 Å². The molecule has 0 aromatic heterocycles. The van der Waals surface area contributed by atoms with Gasteiger partial charge in [0.2, 0.25) is 6.10 Å². The molecule has 1 amide bonds. The lowest BCUT2D eigenvalue weighted by Gasteiger charge is -2.30. The number of nitrogens with one attached hydrogen (secondary N) is 1. The summed E-state index contributed by atoms with van der Waals surface area (Å²) >= 11 is 1.68. The summed E-state index contributed by atoms with van der Waals surface area (Å²) in [7, 11) is 0. The summed E-state index contributed by atoms with van der Waals surface area (Å²) in [4.78, 5) is 13.6. The van der Waals surface area contributed by atoms with Crippen LogP contribution >= 0.6 is 11.8 Å². The number of fused-ring (bicyclic) bond motifs is 2. The van der Waals surface area contributed by atoms with E-state index in [0.717, 1.165) is 22.6 Å². The van der Waals surface area contributed by atoms with Crippen LogP contribution in [0.15, 0.2) is 47.4 Å². The van der Waals surface area contributed by atoms with Gasteiger partial charge < -0.3 is 14.8 Å². The van der Waals surface area contributed by atoms with E-state index in [2.05, 4.69) is 5.32 Å². The Labute approximate surface area is 143 Å². The van der Waals surface area contributed by atoms with Gasteiger partial charge in [0.25, 0.3) is 5.91 Å². The first kappa shape index (κ1) is 15.3. The standard InChI is InChI=1S/C18H16FNO3S/c19-11-5-6-17-12(9-11)13(7-8-24-17)20-18(21)16-10-22-14-3-1-2-4-15(14)23-16/h1-6,9,13,16H,7-8,10H2,(H,20,21)/t13-,16-/m1/s1. The van der Waals surface area contributed by atoms with Crippen LogP contribution in [0.3, 0.4) is 0 Å². The molecule has 4 nitrogen and oxygen atoms in total. The number of hydrogen-bond acceptors (Lipinski definition) is 4. The van der Waals surface area contributed by atoms with Crippen molar-refractivity contribution in [2.75, 3.05) is 12.4 Å². The SMILES string of the molecule is O=C(N[C@@H]1CCSc2ccc(F)cc21)[C@H]1COc2ccccc2O1. The van der Waals surface area contributed by atoms with Crippen molar-refractivity contribution in [3.8, 4) is 11.5 Å². The highest BCUT2D eigenvalue weighted by atomic mass is 32.2. The molecule has 0 saturated heterocycles. The van der Waals surface area contributed by atoms with E-state index in [4.69, 9.17) is 9.47 Å². The fraction of sp³-hybridized carbons (Fsp3) is 0.278. The van der Waals surface area contributed by atoms with Crippen LogP contribution in [0, 0.1) is 5.82 Å². The maximum absolute atomic E-state index is 13.6. The van der Waals surface area contributed by atoms with Crippen LogP contribution in [0.1, 0.15) is 18.0 Å². The summed E-state index contributed by atoms with van der Waals surface area (Å²) in [6.45, 7) is 0.167. The number of carbonyl (C=O) groups is 1. The fourth-order valence-corrected chi connectivity index (χ4v) is 4.03. The minimum atomic E-state index is -0.702. The molecular weight excluding hydrogens is 329 g/mol. The lowest BCUT2D eigenvalue weighted by atomic mass is 10.0. The van der Waals surface area contributed by atoms with Gasteiger partial charge in [-0.05, 0) is 42.3 Å². The number of amides is 1. The number of benzene rings is 2. The topological polar surface area (TPSA) is 47.6 Å². The second kappa shape index (κ2) is 6.36. The van der Waals surface area contributed by atoms with Crippen molar-refractivity contribution < 1.29 is 18.7 Å². The van der Waals surface area contributed by atoms with Crippen molar-refractivity contribution in [3.05, 3.63) is 53.8 Å². The third-order valence-electron chi connectivity index (χ3n) is 4.13. The Morgan fingerprint density at radius 1 is 1.21 bits per heavy atom. The first-order chi connectivity index (χ1) is 11.7. The molecule has 0 fully saturated rings. The third kappa shape index (κ3) is 2.94. The minimum absolute atomic E-state index is 0.167. The summed E-state index contributed by atoms with van der Waals surface area (Å²) in [5.41, 5.74) is 0.830. The van der Waals surface area contributed by atoms with E-state index in [0.29, 0.717) is 11.5 Å². The van der Waals surface area contributed by atoms with Gasteiger partial charge in [-0.3, -0.25) is 4.79 Å². The van der Waals surface area contributed by atoms with Crippen LogP contribution in [0.25, 0.3) is 0 Å². The van der Waals surface area contributed by atoms with E-state index in [1.54, 1.807) is 30.0 Å². The smallest absolute Gasteiger partial charge is 0.265 e. The highest BCUT2D eigenvalue weighted by Gasteiger charge is 2.30. The quantitative estimate of drug-likeness (QED) is 0.907. The number of carbonyl (C=O) groups excluding carboxylic acids is 1. The van der Waals surface area contributed by atoms with Crippen LogP contribution in [0.2, 0.25) is 0 Å². The van der Waals surface area contributed by atoms with Gasteiger partial charge in [0.1, 0.15) is 12.4 Å². The molecule has 0 unspecified atom stereocenters. The van der Waals surface area contributed by atoms with Gasteiger partial charge in [-0.15, -0.1) is 11.8 Å². The van der Waals surface area contributed by atoms with Crippen molar-refractivity contribution >= 4 is 17.7 Å². The molecule has 24 heavy (non-hydrogen) atoms. The normalized spacial score (nSPS) is 21.7. The Balaban J connectivity index is 1.49. The molecule has 0 saturated carbocycles. The highest BCUT2D eigenvalue weighted by Crippen LogP contribution is 2.37. The van der Waals surface area contributed by atoms with E-state index >= 15 is 0 Å². The molecule has 124 valence electrons.